The third-order valence-corrected chi connectivity index (χ3v) is 5.35. The Labute approximate surface area is 141 Å². The first kappa shape index (κ1) is 15.6. The summed E-state index contributed by atoms with van der Waals surface area (Å²) in [5, 5.41) is 12.3. The van der Waals surface area contributed by atoms with E-state index in [1.807, 2.05) is 23.9 Å². The lowest BCUT2D eigenvalue weighted by Crippen LogP contribution is -2.47. The van der Waals surface area contributed by atoms with Gasteiger partial charge in [-0.1, -0.05) is 5.21 Å². The molecular weight excluding hydrogens is 305 g/mol. The van der Waals surface area contributed by atoms with E-state index in [1.165, 1.54) is 5.69 Å². The molecule has 128 valence electrons. The number of piperidine rings is 1. The fourth-order valence-corrected chi connectivity index (χ4v) is 3.96. The van der Waals surface area contributed by atoms with Gasteiger partial charge in [0.15, 0.2) is 0 Å². The van der Waals surface area contributed by atoms with Gasteiger partial charge in [0.2, 0.25) is 0 Å². The van der Waals surface area contributed by atoms with Crippen LogP contribution in [0.3, 0.4) is 0 Å². The highest BCUT2D eigenvalue weighted by atomic mass is 19.1. The number of aryl methyl sites for hydroxylation is 1. The van der Waals surface area contributed by atoms with Crippen molar-refractivity contribution in [3.05, 3.63) is 41.5 Å². The molecule has 2 heterocycles. The predicted octanol–water partition coefficient (Wildman–Crippen LogP) is 2.07. The topological polar surface area (TPSA) is 46.0 Å². The van der Waals surface area contributed by atoms with Crippen LogP contribution >= 0.6 is 0 Å². The van der Waals surface area contributed by atoms with Crippen LogP contribution in [-0.4, -0.2) is 40.2 Å². The summed E-state index contributed by atoms with van der Waals surface area (Å²) in [6, 6.07) is 7.90. The number of hydrogen-bond acceptors (Lipinski definition) is 4. The highest BCUT2D eigenvalue weighted by Crippen LogP contribution is 2.23. The first-order valence-electron chi connectivity index (χ1n) is 8.83. The summed E-state index contributed by atoms with van der Waals surface area (Å²) < 4.78 is 15.0. The second-order valence-corrected chi connectivity index (χ2v) is 6.95. The molecule has 1 aliphatic heterocycles. The van der Waals surface area contributed by atoms with Gasteiger partial charge in [0.1, 0.15) is 5.82 Å². The first-order valence-corrected chi connectivity index (χ1v) is 8.83. The zero-order valence-corrected chi connectivity index (χ0v) is 14.1. The largest absolute Gasteiger partial charge is 0.371 e. The van der Waals surface area contributed by atoms with Crippen LogP contribution < -0.4 is 10.2 Å². The number of anilines is 1. The third-order valence-electron chi connectivity index (χ3n) is 5.35. The molecule has 1 saturated heterocycles. The number of benzene rings is 1. The van der Waals surface area contributed by atoms with Crippen LogP contribution in [0.2, 0.25) is 0 Å². The van der Waals surface area contributed by atoms with Gasteiger partial charge in [-0.25, -0.2) is 4.39 Å². The maximum atomic E-state index is 13.0. The zero-order chi connectivity index (χ0) is 16.5. The zero-order valence-electron chi connectivity index (χ0n) is 14.1. The summed E-state index contributed by atoms with van der Waals surface area (Å²) >= 11 is 0. The van der Waals surface area contributed by atoms with Crippen molar-refractivity contribution >= 4 is 5.69 Å². The van der Waals surface area contributed by atoms with E-state index in [9.17, 15) is 4.39 Å². The van der Waals surface area contributed by atoms with Crippen molar-refractivity contribution in [1.29, 1.82) is 0 Å². The second-order valence-electron chi connectivity index (χ2n) is 6.95. The van der Waals surface area contributed by atoms with Gasteiger partial charge in [-0.2, -0.15) is 0 Å². The van der Waals surface area contributed by atoms with Crippen molar-refractivity contribution in [1.82, 2.24) is 20.3 Å². The molecule has 1 atom stereocenters. The molecule has 0 amide bonds. The molecule has 1 aromatic carbocycles. The summed E-state index contributed by atoms with van der Waals surface area (Å²) in [5.41, 5.74) is 3.57. The monoisotopic (exact) mass is 329 g/mol. The number of hydrogen-bond donors (Lipinski definition) is 1. The van der Waals surface area contributed by atoms with Crippen LogP contribution in [-0.2, 0) is 19.9 Å². The lowest BCUT2D eigenvalue weighted by Gasteiger charge is -2.36. The molecule has 0 saturated carbocycles. The summed E-state index contributed by atoms with van der Waals surface area (Å²) in [5.74, 6) is -0.170. The standard InChI is InChI=1S/C18H24FN5/c1-23-18-7-4-15(12-17(18)21-22-23)20-14-8-10-24(11-9-14)16-5-2-13(19)3-6-16/h2-3,5-6,14-15,20H,4,7-12H2,1H3. The minimum Gasteiger partial charge on any atom is -0.371 e. The fraction of sp³-hybridized carbons (Fsp3) is 0.556. The highest BCUT2D eigenvalue weighted by molar-refractivity contribution is 5.46. The number of aromatic nitrogens is 3. The van der Waals surface area contributed by atoms with Gasteiger partial charge in [-0.15, -0.1) is 5.10 Å². The van der Waals surface area contributed by atoms with Crippen molar-refractivity contribution in [2.24, 2.45) is 7.05 Å². The van der Waals surface area contributed by atoms with Crippen molar-refractivity contribution < 1.29 is 4.39 Å². The molecule has 0 bridgehead atoms. The Hall–Kier alpha value is -1.95. The average molecular weight is 329 g/mol. The maximum Gasteiger partial charge on any atom is 0.123 e. The number of fused-ring (bicyclic) bond motifs is 1. The van der Waals surface area contributed by atoms with Crippen molar-refractivity contribution in [2.45, 2.75) is 44.2 Å². The van der Waals surface area contributed by atoms with Crippen LogP contribution in [0.4, 0.5) is 10.1 Å². The predicted molar refractivity (Wildman–Crippen MR) is 91.6 cm³/mol. The summed E-state index contributed by atoms with van der Waals surface area (Å²) in [6.07, 6.45) is 5.46. The van der Waals surface area contributed by atoms with E-state index in [1.54, 1.807) is 12.1 Å². The molecule has 6 heteroatoms. The Balaban J connectivity index is 1.30. The minimum absolute atomic E-state index is 0.170. The smallest absolute Gasteiger partial charge is 0.123 e. The van der Waals surface area contributed by atoms with Crippen molar-refractivity contribution in [3.63, 3.8) is 0 Å². The Kier molecular flexibility index (Phi) is 4.22. The average Bonchev–Trinajstić information content (AvgIpc) is 2.97. The molecule has 1 aromatic heterocycles. The lowest BCUT2D eigenvalue weighted by atomic mass is 9.93. The summed E-state index contributed by atoms with van der Waals surface area (Å²) in [4.78, 5) is 2.35. The van der Waals surface area contributed by atoms with E-state index in [2.05, 4.69) is 20.5 Å². The minimum atomic E-state index is -0.170. The number of nitrogens with one attached hydrogen (secondary N) is 1. The van der Waals surface area contributed by atoms with Crippen LogP contribution in [0.15, 0.2) is 24.3 Å². The Morgan fingerprint density at radius 2 is 1.83 bits per heavy atom. The lowest BCUT2D eigenvalue weighted by molar-refractivity contribution is 0.342. The molecule has 4 rings (SSSR count). The third kappa shape index (κ3) is 3.15. The highest BCUT2D eigenvalue weighted by Gasteiger charge is 2.26. The summed E-state index contributed by atoms with van der Waals surface area (Å²) in [6.45, 7) is 2.04. The van der Waals surface area contributed by atoms with Gasteiger partial charge >= 0.3 is 0 Å². The van der Waals surface area contributed by atoms with Crippen LogP contribution in [0, 0.1) is 5.82 Å². The molecule has 0 radical (unpaired) electrons. The second kappa shape index (κ2) is 6.51. The quantitative estimate of drug-likeness (QED) is 0.936. The molecule has 2 aliphatic rings. The number of nitrogens with zero attached hydrogens (tertiary/aromatic N) is 4. The van der Waals surface area contributed by atoms with E-state index >= 15 is 0 Å². The normalized spacial score (nSPS) is 21.8. The Bertz CT molecular complexity index is 688. The molecule has 5 nitrogen and oxygen atoms in total. The van der Waals surface area contributed by atoms with E-state index in [4.69, 9.17) is 0 Å². The maximum absolute atomic E-state index is 13.0. The molecule has 2 aromatic rings. The van der Waals surface area contributed by atoms with E-state index in [0.29, 0.717) is 12.1 Å². The van der Waals surface area contributed by atoms with Gasteiger partial charge in [0.25, 0.3) is 0 Å². The number of rotatable bonds is 3. The van der Waals surface area contributed by atoms with Crippen molar-refractivity contribution in [3.8, 4) is 0 Å². The molecule has 24 heavy (non-hydrogen) atoms. The first-order chi connectivity index (χ1) is 11.7. The number of halogens is 1. The van der Waals surface area contributed by atoms with E-state index in [0.717, 1.165) is 56.6 Å². The fourth-order valence-electron chi connectivity index (χ4n) is 3.96. The SMILES string of the molecule is Cn1nnc2c1CCC(NC1CCN(c3ccc(F)cc3)CC1)C2. The Morgan fingerprint density at radius 1 is 1.08 bits per heavy atom. The van der Waals surface area contributed by atoms with Gasteiger partial charge < -0.3 is 10.2 Å². The van der Waals surface area contributed by atoms with Crippen LogP contribution in [0.25, 0.3) is 0 Å². The molecule has 1 fully saturated rings. The van der Waals surface area contributed by atoms with Gasteiger partial charge in [-0.3, -0.25) is 4.68 Å². The van der Waals surface area contributed by atoms with Crippen molar-refractivity contribution in [2.75, 3.05) is 18.0 Å². The van der Waals surface area contributed by atoms with E-state index < -0.39 is 0 Å². The van der Waals surface area contributed by atoms with Gasteiger partial charge in [0, 0.05) is 44.3 Å². The molecule has 1 unspecified atom stereocenters. The molecule has 0 spiro atoms. The molecule has 1 N–H and O–H groups in total. The summed E-state index contributed by atoms with van der Waals surface area (Å²) in [7, 11) is 1.98. The van der Waals surface area contributed by atoms with Gasteiger partial charge in [-0.05, 0) is 49.9 Å². The molecular formula is C18H24FN5. The van der Waals surface area contributed by atoms with E-state index in [-0.39, 0.29) is 5.82 Å². The van der Waals surface area contributed by atoms with Crippen LogP contribution in [0.1, 0.15) is 30.7 Å². The Morgan fingerprint density at radius 3 is 2.58 bits per heavy atom. The van der Waals surface area contributed by atoms with Gasteiger partial charge in [0.05, 0.1) is 11.4 Å². The van der Waals surface area contributed by atoms with Crippen LogP contribution in [0.5, 0.6) is 0 Å². The molecule has 1 aliphatic carbocycles.